The molecule has 2 fully saturated rings. The predicted molar refractivity (Wildman–Crippen MR) is 103 cm³/mol. The van der Waals surface area contributed by atoms with Crippen LogP contribution in [0.2, 0.25) is 0 Å². The Morgan fingerprint density at radius 2 is 1.38 bits per heavy atom. The van der Waals surface area contributed by atoms with Crippen LogP contribution in [-0.4, -0.2) is 33.0 Å². The normalized spacial score (nSPS) is 37.6. The van der Waals surface area contributed by atoms with Gasteiger partial charge in [-0.1, -0.05) is 58.5 Å². The van der Waals surface area contributed by atoms with E-state index < -0.39 is 37.7 Å². The Hall–Kier alpha value is -0.360. The minimum absolute atomic E-state index is 0.120. The van der Waals surface area contributed by atoms with E-state index in [-0.39, 0.29) is 15.8 Å². The highest BCUT2D eigenvalue weighted by Crippen LogP contribution is 2.77. The van der Waals surface area contributed by atoms with Crippen molar-refractivity contribution in [3.05, 3.63) is 34.3 Å². The molecule has 10 heteroatoms. The molecule has 26 heavy (non-hydrogen) atoms. The number of imide groups is 1. The van der Waals surface area contributed by atoms with Gasteiger partial charge in [-0.05, 0) is 12.1 Å². The number of amides is 2. The Kier molecular flexibility index (Phi) is 4.08. The molecule has 1 aromatic rings. The van der Waals surface area contributed by atoms with Gasteiger partial charge in [0.25, 0.3) is 0 Å². The zero-order valence-electron chi connectivity index (χ0n) is 12.9. The van der Waals surface area contributed by atoms with Crippen LogP contribution < -0.4 is 9.64 Å². The van der Waals surface area contributed by atoms with Crippen molar-refractivity contribution in [2.75, 3.05) is 12.0 Å². The van der Waals surface area contributed by atoms with Gasteiger partial charge in [0.1, 0.15) is 15.5 Å². The van der Waals surface area contributed by atoms with Crippen LogP contribution in [0.1, 0.15) is 0 Å². The maximum atomic E-state index is 13.2. The fourth-order valence-electron chi connectivity index (χ4n) is 4.05. The third kappa shape index (κ3) is 1.77. The van der Waals surface area contributed by atoms with E-state index in [1.807, 2.05) is 0 Å². The minimum Gasteiger partial charge on any atom is -0.495 e. The number of anilines is 1. The topological polar surface area (TPSA) is 46.6 Å². The van der Waals surface area contributed by atoms with Crippen LogP contribution >= 0.6 is 69.6 Å². The van der Waals surface area contributed by atoms with Gasteiger partial charge >= 0.3 is 0 Å². The lowest BCUT2D eigenvalue weighted by atomic mass is 9.84. The van der Waals surface area contributed by atoms with E-state index in [1.54, 1.807) is 24.3 Å². The molecule has 138 valence electrons. The Balaban J connectivity index is 1.93. The van der Waals surface area contributed by atoms with Gasteiger partial charge in [0, 0.05) is 0 Å². The van der Waals surface area contributed by atoms with Crippen LogP contribution in [0.15, 0.2) is 34.3 Å². The molecule has 1 heterocycles. The number of benzene rings is 1. The molecule has 4 nitrogen and oxygen atoms in total. The average molecular weight is 476 g/mol. The second kappa shape index (κ2) is 5.59. The highest BCUT2D eigenvalue weighted by atomic mass is 35.5. The number of allylic oxidation sites excluding steroid dienone is 2. The molecule has 2 bridgehead atoms. The number of halogens is 6. The molecule has 0 spiro atoms. The van der Waals surface area contributed by atoms with E-state index in [2.05, 4.69) is 0 Å². The van der Waals surface area contributed by atoms with E-state index in [4.69, 9.17) is 74.3 Å². The van der Waals surface area contributed by atoms with Crippen molar-refractivity contribution in [2.45, 2.75) is 14.1 Å². The molecule has 0 radical (unpaired) electrons. The van der Waals surface area contributed by atoms with Crippen molar-refractivity contribution in [3.63, 3.8) is 0 Å². The molecule has 0 N–H and O–H groups in total. The maximum absolute atomic E-state index is 13.2. The summed E-state index contributed by atoms with van der Waals surface area (Å²) in [5.41, 5.74) is 0.265. The fraction of sp³-hybridized carbons (Fsp3) is 0.375. The van der Waals surface area contributed by atoms with Gasteiger partial charge in [0.15, 0.2) is 4.33 Å². The highest BCUT2D eigenvalue weighted by Gasteiger charge is 2.87. The molecule has 0 unspecified atom stereocenters. The third-order valence-electron chi connectivity index (χ3n) is 5.23. The van der Waals surface area contributed by atoms with E-state index in [1.165, 1.54) is 7.11 Å². The fourth-order valence-corrected chi connectivity index (χ4v) is 6.98. The summed E-state index contributed by atoms with van der Waals surface area (Å²) in [5.74, 6) is -3.22. The SMILES string of the molecule is COc1ccccc1N1C(=O)[C@@H]2[C@H](C1=O)[C@@]1(Cl)C(Cl)=C(Cl)[C@@]2(Cl)C1(Cl)Cl. The zero-order chi connectivity index (χ0) is 19.2. The first-order valence-corrected chi connectivity index (χ1v) is 9.66. The minimum atomic E-state index is -1.94. The van der Waals surface area contributed by atoms with E-state index in [0.29, 0.717) is 5.75 Å². The average Bonchev–Trinajstić information content (AvgIpc) is 2.99. The first-order valence-electron chi connectivity index (χ1n) is 7.39. The maximum Gasteiger partial charge on any atom is 0.240 e. The third-order valence-corrected chi connectivity index (χ3v) is 9.49. The molecule has 1 aromatic carbocycles. The second-order valence-corrected chi connectivity index (χ2v) is 9.54. The number of carbonyl (C=O) groups is 2. The van der Waals surface area contributed by atoms with Gasteiger partial charge in [-0.2, -0.15) is 0 Å². The molecular formula is C16H9Cl6NO3. The number of nitrogens with zero attached hydrogens (tertiary/aromatic N) is 1. The quantitative estimate of drug-likeness (QED) is 0.462. The first-order chi connectivity index (χ1) is 12.1. The first kappa shape index (κ1) is 19.0. The summed E-state index contributed by atoms with van der Waals surface area (Å²) in [6.45, 7) is 0. The molecule has 0 aromatic heterocycles. The van der Waals surface area contributed by atoms with Crippen LogP contribution in [0.4, 0.5) is 5.69 Å². The Labute approximate surface area is 178 Å². The summed E-state index contributed by atoms with van der Waals surface area (Å²) >= 11 is 38.7. The molecule has 1 saturated carbocycles. The van der Waals surface area contributed by atoms with Crippen molar-refractivity contribution in [1.82, 2.24) is 0 Å². The van der Waals surface area contributed by atoms with Gasteiger partial charge in [-0.3, -0.25) is 9.59 Å². The molecule has 3 aliphatic rings. The number of carbonyl (C=O) groups excluding carboxylic acids is 2. The number of hydrogen-bond donors (Lipinski definition) is 0. The van der Waals surface area contributed by atoms with Crippen molar-refractivity contribution in [2.24, 2.45) is 11.8 Å². The van der Waals surface area contributed by atoms with Crippen molar-refractivity contribution in [3.8, 4) is 5.75 Å². The van der Waals surface area contributed by atoms with Crippen LogP contribution in [0.25, 0.3) is 0 Å². The number of rotatable bonds is 2. The molecular weight excluding hydrogens is 467 g/mol. The van der Waals surface area contributed by atoms with Crippen molar-refractivity contribution in [1.29, 1.82) is 0 Å². The standard InChI is InChI=1S/C16H9Cl6NO3/c1-26-7-5-3-2-4-6(7)23-12(24)8-9(13(23)25)15(20)11(18)10(17)14(8,19)16(15,21)22/h2-5,8-9H,1H3/t8-,9+,14-,15-/m1/s1. The van der Waals surface area contributed by atoms with Crippen LogP contribution in [0.5, 0.6) is 5.75 Å². The van der Waals surface area contributed by atoms with Crippen molar-refractivity contribution < 1.29 is 14.3 Å². The van der Waals surface area contributed by atoms with Crippen LogP contribution in [0.3, 0.4) is 0 Å². The lowest BCUT2D eigenvalue weighted by molar-refractivity contribution is -0.123. The number of fused-ring (bicyclic) bond motifs is 5. The van der Waals surface area contributed by atoms with Gasteiger partial charge in [0.05, 0.1) is 34.7 Å². The summed E-state index contributed by atoms with van der Waals surface area (Å²) in [7, 11) is 1.43. The number of para-hydroxylation sites is 2. The molecule has 2 amide bonds. The second-order valence-electron chi connectivity index (χ2n) is 6.26. The lowest BCUT2D eigenvalue weighted by Gasteiger charge is -2.34. The van der Waals surface area contributed by atoms with Crippen LogP contribution in [0, 0.1) is 11.8 Å². The van der Waals surface area contributed by atoms with Crippen molar-refractivity contribution >= 4 is 87.1 Å². The van der Waals surface area contributed by atoms with E-state index in [0.717, 1.165) is 4.90 Å². The van der Waals surface area contributed by atoms with Gasteiger partial charge < -0.3 is 4.74 Å². The molecule has 4 rings (SSSR count). The van der Waals surface area contributed by atoms with Crippen LogP contribution in [-0.2, 0) is 9.59 Å². The summed E-state index contributed by atoms with van der Waals surface area (Å²) < 4.78 is 3.31. The Bertz CT molecular complexity index is 856. The Morgan fingerprint density at radius 3 is 1.85 bits per heavy atom. The van der Waals surface area contributed by atoms with Gasteiger partial charge in [-0.15, -0.1) is 23.2 Å². The lowest BCUT2D eigenvalue weighted by Crippen LogP contribution is -2.50. The smallest absolute Gasteiger partial charge is 0.240 e. The summed E-state index contributed by atoms with van der Waals surface area (Å²) in [6.07, 6.45) is 0. The molecule has 4 atom stereocenters. The summed E-state index contributed by atoms with van der Waals surface area (Å²) in [5, 5.41) is -0.241. The summed E-state index contributed by atoms with van der Waals surface area (Å²) in [6, 6.07) is 6.57. The zero-order valence-corrected chi connectivity index (χ0v) is 17.4. The van der Waals surface area contributed by atoms with E-state index in [9.17, 15) is 9.59 Å². The van der Waals surface area contributed by atoms with Gasteiger partial charge in [0.2, 0.25) is 11.8 Å². The van der Waals surface area contributed by atoms with Gasteiger partial charge in [-0.25, -0.2) is 4.90 Å². The highest BCUT2D eigenvalue weighted by molar-refractivity contribution is 6.67. The number of ether oxygens (including phenoxy) is 1. The molecule has 2 aliphatic carbocycles. The monoisotopic (exact) mass is 473 g/mol. The Morgan fingerprint density at radius 1 is 0.923 bits per heavy atom. The predicted octanol–water partition coefficient (Wildman–Crippen LogP) is 4.65. The largest absolute Gasteiger partial charge is 0.495 e. The number of methoxy groups -OCH3 is 1. The molecule has 1 aliphatic heterocycles. The number of alkyl halides is 4. The number of hydrogen-bond acceptors (Lipinski definition) is 3. The summed E-state index contributed by atoms with van der Waals surface area (Å²) in [4.78, 5) is 23.8. The van der Waals surface area contributed by atoms with E-state index >= 15 is 0 Å². The molecule has 1 saturated heterocycles.